The molecule has 0 atom stereocenters. The zero-order chi connectivity index (χ0) is 9.80. The minimum atomic E-state index is 0.0250. The van der Waals surface area contributed by atoms with Gasteiger partial charge in [-0.2, -0.15) is 0 Å². The molecule has 14 heavy (non-hydrogen) atoms. The molecule has 0 bridgehead atoms. The third kappa shape index (κ3) is 2.73. The van der Waals surface area contributed by atoms with Crippen molar-refractivity contribution in [3.8, 4) is 0 Å². The average molecular weight is 196 g/mol. The molecule has 0 aromatic carbocycles. The molecule has 1 heteroatoms. The van der Waals surface area contributed by atoms with Crippen LogP contribution in [0.1, 0.15) is 64.2 Å². The topological polar surface area (TPSA) is 20.2 Å². The summed E-state index contributed by atoms with van der Waals surface area (Å²) in [6.07, 6.45) is 13.6. The van der Waals surface area contributed by atoms with Crippen LogP contribution in [0.5, 0.6) is 0 Å². The number of aliphatic hydroxyl groups is 1. The quantitative estimate of drug-likeness (QED) is 0.636. The van der Waals surface area contributed by atoms with E-state index in [4.69, 9.17) is 0 Å². The maximum atomic E-state index is 9.48. The molecule has 0 unspecified atom stereocenters. The van der Waals surface area contributed by atoms with E-state index < -0.39 is 0 Å². The van der Waals surface area contributed by atoms with Crippen LogP contribution in [-0.4, -0.2) is 11.2 Å². The maximum absolute atomic E-state index is 9.48. The largest absolute Gasteiger partial charge is 0.393 e. The van der Waals surface area contributed by atoms with Crippen molar-refractivity contribution in [3.63, 3.8) is 0 Å². The molecule has 1 N–H and O–H groups in total. The first-order valence-electron chi connectivity index (χ1n) is 6.54. The molecule has 0 aliphatic heterocycles. The molecule has 2 aliphatic rings. The highest BCUT2D eigenvalue weighted by atomic mass is 16.3. The summed E-state index contributed by atoms with van der Waals surface area (Å²) in [6.45, 7) is 0. The molecule has 0 aromatic heterocycles. The fraction of sp³-hybridized carbons (Fsp3) is 1.00. The molecular formula is C13H24O. The smallest absolute Gasteiger partial charge is 0.0540 e. The van der Waals surface area contributed by atoms with Crippen LogP contribution in [0.4, 0.5) is 0 Å². The van der Waals surface area contributed by atoms with Crippen LogP contribution in [0.25, 0.3) is 0 Å². The second-order valence-corrected chi connectivity index (χ2v) is 5.32. The number of rotatable bonds is 1. The molecule has 0 aromatic rings. The average Bonchev–Trinajstić information content (AvgIpc) is 2.47. The third-order valence-corrected chi connectivity index (χ3v) is 4.31. The highest BCUT2D eigenvalue weighted by Crippen LogP contribution is 2.37. The Morgan fingerprint density at radius 2 is 1.07 bits per heavy atom. The summed E-state index contributed by atoms with van der Waals surface area (Å²) < 4.78 is 0. The van der Waals surface area contributed by atoms with Gasteiger partial charge in [-0.1, -0.05) is 38.5 Å². The van der Waals surface area contributed by atoms with E-state index in [0.29, 0.717) is 0 Å². The van der Waals surface area contributed by atoms with Crippen molar-refractivity contribution in [2.45, 2.75) is 70.3 Å². The molecule has 0 spiro atoms. The Kier molecular flexibility index (Phi) is 3.86. The summed E-state index contributed by atoms with van der Waals surface area (Å²) in [6, 6.07) is 0. The Hall–Kier alpha value is -0.0400. The van der Waals surface area contributed by atoms with E-state index in [1.165, 1.54) is 51.4 Å². The molecule has 0 radical (unpaired) electrons. The van der Waals surface area contributed by atoms with Crippen LogP contribution in [-0.2, 0) is 0 Å². The summed E-state index contributed by atoms with van der Waals surface area (Å²) >= 11 is 0. The van der Waals surface area contributed by atoms with Crippen LogP contribution in [0.15, 0.2) is 0 Å². The van der Waals surface area contributed by atoms with Crippen molar-refractivity contribution < 1.29 is 5.11 Å². The van der Waals surface area contributed by atoms with Gasteiger partial charge in [0.15, 0.2) is 0 Å². The fourth-order valence-electron chi connectivity index (χ4n) is 3.36. The summed E-state index contributed by atoms with van der Waals surface area (Å²) in [5.74, 6) is 1.96. The first-order chi connectivity index (χ1) is 6.86. The minimum absolute atomic E-state index is 0.0250. The second-order valence-electron chi connectivity index (χ2n) is 5.32. The zero-order valence-corrected chi connectivity index (χ0v) is 9.25. The first-order valence-corrected chi connectivity index (χ1v) is 6.54. The number of hydrogen-bond acceptors (Lipinski definition) is 1. The van der Waals surface area contributed by atoms with Gasteiger partial charge in [0, 0.05) is 0 Å². The van der Waals surface area contributed by atoms with E-state index >= 15 is 0 Å². The van der Waals surface area contributed by atoms with E-state index in [1.807, 2.05) is 0 Å². The lowest BCUT2D eigenvalue weighted by molar-refractivity contribution is 0.0875. The van der Waals surface area contributed by atoms with Gasteiger partial charge in [0.1, 0.15) is 0 Å². The maximum Gasteiger partial charge on any atom is 0.0540 e. The Morgan fingerprint density at radius 1 is 0.571 bits per heavy atom. The number of aliphatic hydroxyl groups excluding tert-OH is 1. The van der Waals surface area contributed by atoms with Crippen molar-refractivity contribution in [3.05, 3.63) is 0 Å². The molecule has 0 amide bonds. The van der Waals surface area contributed by atoms with Gasteiger partial charge in [-0.05, 0) is 37.5 Å². The SMILES string of the molecule is OC1CCC(C2CCCCCC2)CC1. The van der Waals surface area contributed by atoms with Gasteiger partial charge in [0.05, 0.1) is 6.10 Å². The third-order valence-electron chi connectivity index (χ3n) is 4.31. The summed E-state index contributed by atoms with van der Waals surface area (Å²) in [5, 5.41) is 9.48. The predicted octanol–water partition coefficient (Wildman–Crippen LogP) is 3.51. The van der Waals surface area contributed by atoms with Crippen LogP contribution in [0.2, 0.25) is 0 Å². The Balaban J connectivity index is 1.81. The molecule has 2 aliphatic carbocycles. The minimum Gasteiger partial charge on any atom is -0.393 e. The molecule has 1 nitrogen and oxygen atoms in total. The second kappa shape index (κ2) is 5.16. The monoisotopic (exact) mass is 196 g/mol. The van der Waals surface area contributed by atoms with E-state index in [9.17, 15) is 5.11 Å². The predicted molar refractivity (Wildman–Crippen MR) is 59.2 cm³/mol. The van der Waals surface area contributed by atoms with Crippen LogP contribution in [0, 0.1) is 11.8 Å². The molecule has 2 saturated carbocycles. The van der Waals surface area contributed by atoms with Crippen molar-refractivity contribution in [2.75, 3.05) is 0 Å². The van der Waals surface area contributed by atoms with E-state index in [0.717, 1.165) is 24.7 Å². The zero-order valence-electron chi connectivity index (χ0n) is 9.25. The highest BCUT2D eigenvalue weighted by molar-refractivity contribution is 4.78. The first kappa shape index (κ1) is 10.5. The summed E-state index contributed by atoms with van der Waals surface area (Å²) in [5.41, 5.74) is 0. The van der Waals surface area contributed by atoms with Gasteiger partial charge in [-0.25, -0.2) is 0 Å². The molecule has 2 fully saturated rings. The van der Waals surface area contributed by atoms with Crippen LogP contribution >= 0.6 is 0 Å². The van der Waals surface area contributed by atoms with E-state index in [-0.39, 0.29) is 6.10 Å². The Morgan fingerprint density at radius 3 is 1.64 bits per heavy atom. The van der Waals surface area contributed by atoms with Crippen molar-refractivity contribution in [1.82, 2.24) is 0 Å². The van der Waals surface area contributed by atoms with E-state index in [1.54, 1.807) is 0 Å². The van der Waals surface area contributed by atoms with Crippen molar-refractivity contribution >= 4 is 0 Å². The summed E-state index contributed by atoms with van der Waals surface area (Å²) in [4.78, 5) is 0. The van der Waals surface area contributed by atoms with Gasteiger partial charge in [0.25, 0.3) is 0 Å². The Bertz CT molecular complexity index is 151. The normalized spacial score (nSPS) is 36.6. The molecule has 82 valence electrons. The van der Waals surface area contributed by atoms with Gasteiger partial charge < -0.3 is 5.11 Å². The van der Waals surface area contributed by atoms with E-state index in [2.05, 4.69) is 0 Å². The van der Waals surface area contributed by atoms with Gasteiger partial charge in [-0.15, -0.1) is 0 Å². The standard InChI is InChI=1S/C13H24O/c14-13-9-7-12(8-10-13)11-5-3-1-2-4-6-11/h11-14H,1-10H2. The van der Waals surface area contributed by atoms with Crippen LogP contribution in [0.3, 0.4) is 0 Å². The van der Waals surface area contributed by atoms with Crippen molar-refractivity contribution in [2.24, 2.45) is 11.8 Å². The number of hydrogen-bond donors (Lipinski definition) is 1. The molecule has 0 heterocycles. The van der Waals surface area contributed by atoms with Gasteiger partial charge in [0.2, 0.25) is 0 Å². The lowest BCUT2D eigenvalue weighted by atomic mass is 9.76. The lowest BCUT2D eigenvalue weighted by Crippen LogP contribution is -2.23. The van der Waals surface area contributed by atoms with Gasteiger partial charge >= 0.3 is 0 Å². The lowest BCUT2D eigenvalue weighted by Gasteiger charge is -2.31. The fourth-order valence-corrected chi connectivity index (χ4v) is 3.36. The molecule has 2 rings (SSSR count). The van der Waals surface area contributed by atoms with Crippen molar-refractivity contribution in [1.29, 1.82) is 0 Å². The Labute approximate surface area is 87.9 Å². The summed E-state index contributed by atoms with van der Waals surface area (Å²) in [7, 11) is 0. The molecule has 0 saturated heterocycles. The van der Waals surface area contributed by atoms with Gasteiger partial charge in [-0.3, -0.25) is 0 Å². The van der Waals surface area contributed by atoms with Crippen LogP contribution < -0.4 is 0 Å². The molecular weight excluding hydrogens is 172 g/mol. The highest BCUT2D eigenvalue weighted by Gasteiger charge is 2.26.